The van der Waals surface area contributed by atoms with Crippen LogP contribution >= 0.6 is 22.9 Å². The third-order valence-electron chi connectivity index (χ3n) is 3.28. The fourth-order valence-corrected chi connectivity index (χ4v) is 3.13. The van der Waals surface area contributed by atoms with Crippen molar-refractivity contribution < 1.29 is 18.3 Å². The minimum Gasteiger partial charge on any atom is -0.506 e. The molecule has 2 aromatic heterocycles. The van der Waals surface area contributed by atoms with Gasteiger partial charge in [0.1, 0.15) is 27.6 Å². The number of pyridine rings is 1. The molecule has 0 fully saturated rings. The Morgan fingerprint density at radius 2 is 2.00 bits per heavy atom. The van der Waals surface area contributed by atoms with Crippen LogP contribution in [-0.4, -0.2) is 15.1 Å². The lowest BCUT2D eigenvalue weighted by Gasteiger charge is -2.04. The maximum absolute atomic E-state index is 12.8. The number of hydrogen-bond donors (Lipinski definition) is 1. The Bertz CT molecular complexity index is 1020. The molecule has 0 aliphatic carbocycles. The first-order chi connectivity index (χ1) is 11.8. The molecule has 0 spiro atoms. The highest BCUT2D eigenvalue weighted by molar-refractivity contribution is 7.19. The molecule has 0 aliphatic rings. The molecular weight excluding hydrogens is 375 g/mol. The number of alkyl halides is 3. The van der Waals surface area contributed by atoms with E-state index < -0.39 is 11.7 Å². The highest BCUT2D eigenvalue weighted by Gasteiger charge is 2.31. The molecule has 0 saturated carbocycles. The van der Waals surface area contributed by atoms with Gasteiger partial charge in [-0.3, -0.25) is 0 Å². The van der Waals surface area contributed by atoms with Gasteiger partial charge in [0.15, 0.2) is 0 Å². The van der Waals surface area contributed by atoms with E-state index in [0.29, 0.717) is 4.70 Å². The molecule has 25 heavy (non-hydrogen) atoms. The van der Waals surface area contributed by atoms with Crippen LogP contribution < -0.4 is 0 Å². The maximum Gasteiger partial charge on any atom is 0.416 e. The smallest absolute Gasteiger partial charge is 0.416 e. The minimum atomic E-state index is -4.48. The zero-order valence-electron chi connectivity index (χ0n) is 12.2. The standard InChI is InChI=1S/C16H7ClF3N3OS/c17-13-4-1-8(7-22-13)14(24)10(6-21)15-23-11-5-9(16(18,19)20)2-3-12(11)25-15/h1-5,7,24H/b14-10-. The van der Waals surface area contributed by atoms with Crippen LogP contribution in [0.5, 0.6) is 0 Å². The van der Waals surface area contributed by atoms with Gasteiger partial charge in [0.25, 0.3) is 0 Å². The molecule has 0 bridgehead atoms. The summed E-state index contributed by atoms with van der Waals surface area (Å²) in [4.78, 5) is 7.87. The van der Waals surface area contributed by atoms with Gasteiger partial charge in [0.05, 0.1) is 15.8 Å². The molecule has 0 atom stereocenters. The number of hydrogen-bond acceptors (Lipinski definition) is 5. The molecular formula is C16H7ClF3N3OS. The minimum absolute atomic E-state index is 0.101. The summed E-state index contributed by atoms with van der Waals surface area (Å²) in [7, 11) is 0. The van der Waals surface area contributed by atoms with Crippen LogP contribution in [-0.2, 0) is 6.18 Å². The van der Waals surface area contributed by atoms with Crippen molar-refractivity contribution >= 4 is 44.5 Å². The van der Waals surface area contributed by atoms with Gasteiger partial charge in [-0.25, -0.2) is 9.97 Å². The molecule has 0 unspecified atom stereocenters. The Morgan fingerprint density at radius 3 is 2.60 bits per heavy atom. The van der Waals surface area contributed by atoms with Crippen molar-refractivity contribution in [2.75, 3.05) is 0 Å². The van der Waals surface area contributed by atoms with Crippen LogP contribution in [0.25, 0.3) is 21.5 Å². The normalized spacial score (nSPS) is 12.8. The number of nitriles is 1. The summed E-state index contributed by atoms with van der Waals surface area (Å²) in [6.07, 6.45) is -3.20. The topological polar surface area (TPSA) is 69.8 Å². The highest BCUT2D eigenvalue weighted by Crippen LogP contribution is 2.35. The number of fused-ring (bicyclic) bond motifs is 1. The Labute approximate surface area is 148 Å². The predicted molar refractivity (Wildman–Crippen MR) is 88.9 cm³/mol. The van der Waals surface area contributed by atoms with Crippen LogP contribution in [0.4, 0.5) is 13.2 Å². The summed E-state index contributed by atoms with van der Waals surface area (Å²) >= 11 is 6.69. The fourth-order valence-electron chi connectivity index (χ4n) is 2.07. The number of allylic oxidation sites excluding steroid dienone is 1. The van der Waals surface area contributed by atoms with Crippen molar-refractivity contribution in [3.05, 3.63) is 57.8 Å². The van der Waals surface area contributed by atoms with E-state index >= 15 is 0 Å². The summed E-state index contributed by atoms with van der Waals surface area (Å²) in [5, 5.41) is 20.0. The average molecular weight is 382 g/mol. The second kappa shape index (κ2) is 6.35. The number of rotatable bonds is 2. The van der Waals surface area contributed by atoms with E-state index in [9.17, 15) is 23.5 Å². The molecule has 1 aromatic carbocycles. The summed E-state index contributed by atoms with van der Waals surface area (Å²) < 4.78 is 38.8. The molecule has 0 amide bonds. The summed E-state index contributed by atoms with van der Waals surface area (Å²) in [5.74, 6) is -0.373. The number of halogens is 4. The van der Waals surface area contributed by atoms with Gasteiger partial charge in [-0.15, -0.1) is 11.3 Å². The van der Waals surface area contributed by atoms with Crippen molar-refractivity contribution in [3.8, 4) is 6.07 Å². The SMILES string of the molecule is N#C/C(=C(/O)c1ccc(Cl)nc1)c1nc2cc(C(F)(F)F)ccc2s1. The van der Waals surface area contributed by atoms with Crippen LogP contribution in [0, 0.1) is 11.3 Å². The van der Waals surface area contributed by atoms with Crippen molar-refractivity contribution in [1.29, 1.82) is 5.26 Å². The third kappa shape index (κ3) is 3.43. The van der Waals surface area contributed by atoms with E-state index in [2.05, 4.69) is 9.97 Å². The first kappa shape index (κ1) is 17.2. The average Bonchev–Trinajstić information content (AvgIpc) is 2.98. The van der Waals surface area contributed by atoms with Gasteiger partial charge in [-0.2, -0.15) is 18.4 Å². The van der Waals surface area contributed by atoms with Crippen molar-refractivity contribution in [2.24, 2.45) is 0 Å². The van der Waals surface area contributed by atoms with Crippen LogP contribution in [0.15, 0.2) is 36.5 Å². The molecule has 9 heteroatoms. The summed E-state index contributed by atoms with van der Waals surface area (Å²) in [6, 6.07) is 7.88. The van der Waals surface area contributed by atoms with Gasteiger partial charge in [0, 0.05) is 11.8 Å². The lowest BCUT2D eigenvalue weighted by atomic mass is 10.1. The largest absolute Gasteiger partial charge is 0.506 e. The zero-order valence-corrected chi connectivity index (χ0v) is 13.7. The molecule has 3 aromatic rings. The number of nitrogens with zero attached hydrogens (tertiary/aromatic N) is 3. The van der Waals surface area contributed by atoms with Gasteiger partial charge < -0.3 is 5.11 Å². The highest BCUT2D eigenvalue weighted by atomic mass is 35.5. The third-order valence-corrected chi connectivity index (χ3v) is 4.56. The Hall–Kier alpha value is -2.63. The predicted octanol–water partition coefficient (Wildman–Crippen LogP) is 5.31. The second-order valence-corrected chi connectivity index (χ2v) is 6.32. The number of thiazole rings is 1. The summed E-state index contributed by atoms with van der Waals surface area (Å²) in [5.41, 5.74) is -0.634. The molecule has 3 rings (SSSR count). The van der Waals surface area contributed by atoms with Crippen molar-refractivity contribution in [2.45, 2.75) is 6.18 Å². The van der Waals surface area contributed by atoms with Crippen LogP contribution in [0.1, 0.15) is 16.1 Å². The van der Waals surface area contributed by atoms with Gasteiger partial charge >= 0.3 is 6.18 Å². The lowest BCUT2D eigenvalue weighted by Crippen LogP contribution is -2.03. The Balaban J connectivity index is 2.11. The molecule has 2 heterocycles. The van der Waals surface area contributed by atoms with Gasteiger partial charge in [-0.05, 0) is 30.3 Å². The number of aromatic nitrogens is 2. The molecule has 1 N–H and O–H groups in total. The monoisotopic (exact) mass is 381 g/mol. The quantitative estimate of drug-likeness (QED) is 0.371. The first-order valence-corrected chi connectivity index (χ1v) is 7.92. The maximum atomic E-state index is 12.8. The van der Waals surface area contributed by atoms with E-state index in [1.807, 2.05) is 6.07 Å². The lowest BCUT2D eigenvalue weighted by molar-refractivity contribution is -0.137. The van der Waals surface area contributed by atoms with Crippen LogP contribution in [0.2, 0.25) is 5.15 Å². The number of benzene rings is 1. The fraction of sp³-hybridized carbons (Fsp3) is 0.0625. The summed E-state index contributed by atoms with van der Waals surface area (Å²) in [6.45, 7) is 0. The van der Waals surface area contributed by atoms with Crippen LogP contribution in [0.3, 0.4) is 0 Å². The van der Waals surface area contributed by atoms with E-state index in [1.165, 1.54) is 24.4 Å². The first-order valence-electron chi connectivity index (χ1n) is 6.73. The van der Waals surface area contributed by atoms with Crippen molar-refractivity contribution in [3.63, 3.8) is 0 Å². The van der Waals surface area contributed by atoms with E-state index in [0.717, 1.165) is 23.5 Å². The molecule has 126 valence electrons. The Kier molecular flexibility index (Phi) is 4.37. The number of aliphatic hydroxyl groups excluding tert-OH is 1. The number of aliphatic hydroxyl groups is 1. The van der Waals surface area contributed by atoms with Gasteiger partial charge in [-0.1, -0.05) is 11.6 Å². The van der Waals surface area contributed by atoms with E-state index in [4.69, 9.17) is 11.6 Å². The molecule has 0 saturated heterocycles. The van der Waals surface area contributed by atoms with Gasteiger partial charge in [0.2, 0.25) is 0 Å². The van der Waals surface area contributed by atoms with E-state index in [-0.39, 0.29) is 32.6 Å². The van der Waals surface area contributed by atoms with Crippen molar-refractivity contribution in [1.82, 2.24) is 9.97 Å². The zero-order chi connectivity index (χ0) is 18.2. The second-order valence-electron chi connectivity index (χ2n) is 4.90. The molecule has 4 nitrogen and oxygen atoms in total. The Morgan fingerprint density at radius 1 is 1.24 bits per heavy atom. The van der Waals surface area contributed by atoms with E-state index in [1.54, 1.807) is 0 Å². The molecule has 0 radical (unpaired) electrons. The molecule has 0 aliphatic heterocycles.